The SMILES string of the molecule is OC(CC1=CCCC1)c1cn[nH]n1. The van der Waals surface area contributed by atoms with Gasteiger partial charge in [-0.3, -0.25) is 0 Å². The van der Waals surface area contributed by atoms with Gasteiger partial charge in [0, 0.05) is 6.42 Å². The van der Waals surface area contributed by atoms with Crippen molar-refractivity contribution < 1.29 is 5.11 Å². The lowest BCUT2D eigenvalue weighted by atomic mass is 10.1. The van der Waals surface area contributed by atoms with Crippen LogP contribution in [0.15, 0.2) is 17.8 Å². The van der Waals surface area contributed by atoms with E-state index in [1.54, 1.807) is 6.20 Å². The molecule has 1 aromatic rings. The van der Waals surface area contributed by atoms with Crippen LogP contribution in [0, 0.1) is 0 Å². The number of H-pyrrole nitrogens is 1. The minimum atomic E-state index is -0.497. The molecule has 0 fully saturated rings. The fourth-order valence-electron chi connectivity index (χ4n) is 1.65. The van der Waals surface area contributed by atoms with Crippen LogP contribution in [0.4, 0.5) is 0 Å². The molecule has 1 aliphatic carbocycles. The number of allylic oxidation sites excluding steroid dienone is 1. The molecule has 70 valence electrons. The number of aromatic amines is 1. The highest BCUT2D eigenvalue weighted by Gasteiger charge is 2.14. The zero-order valence-electron chi connectivity index (χ0n) is 7.40. The lowest BCUT2D eigenvalue weighted by molar-refractivity contribution is 0.172. The Kier molecular flexibility index (Phi) is 2.40. The maximum atomic E-state index is 9.71. The predicted octanol–water partition coefficient (Wildman–Crippen LogP) is 1.34. The summed E-state index contributed by atoms with van der Waals surface area (Å²) >= 11 is 0. The van der Waals surface area contributed by atoms with Gasteiger partial charge in [0.1, 0.15) is 11.8 Å². The van der Waals surface area contributed by atoms with Crippen molar-refractivity contribution in [2.45, 2.75) is 31.8 Å². The molecule has 4 heteroatoms. The molecule has 1 heterocycles. The summed E-state index contributed by atoms with van der Waals surface area (Å²) in [5.74, 6) is 0. The van der Waals surface area contributed by atoms with Crippen LogP contribution >= 0.6 is 0 Å². The second-order valence-corrected chi connectivity index (χ2v) is 3.37. The van der Waals surface area contributed by atoms with E-state index < -0.39 is 6.10 Å². The molecule has 0 bridgehead atoms. The van der Waals surface area contributed by atoms with E-state index in [4.69, 9.17) is 0 Å². The predicted molar refractivity (Wildman–Crippen MR) is 47.9 cm³/mol. The molecule has 0 saturated carbocycles. The van der Waals surface area contributed by atoms with Gasteiger partial charge >= 0.3 is 0 Å². The van der Waals surface area contributed by atoms with E-state index in [1.807, 2.05) is 0 Å². The van der Waals surface area contributed by atoms with Crippen molar-refractivity contribution in [2.75, 3.05) is 0 Å². The van der Waals surface area contributed by atoms with Crippen molar-refractivity contribution in [3.63, 3.8) is 0 Å². The van der Waals surface area contributed by atoms with E-state index in [-0.39, 0.29) is 0 Å². The van der Waals surface area contributed by atoms with Gasteiger partial charge in [0.15, 0.2) is 0 Å². The zero-order valence-corrected chi connectivity index (χ0v) is 7.40. The largest absolute Gasteiger partial charge is 0.386 e. The Hall–Kier alpha value is -1.16. The molecule has 0 radical (unpaired) electrons. The van der Waals surface area contributed by atoms with Crippen LogP contribution in [0.25, 0.3) is 0 Å². The van der Waals surface area contributed by atoms with Gasteiger partial charge in [0.2, 0.25) is 0 Å². The van der Waals surface area contributed by atoms with E-state index in [1.165, 1.54) is 12.0 Å². The van der Waals surface area contributed by atoms with Crippen LogP contribution in [0.1, 0.15) is 37.5 Å². The smallest absolute Gasteiger partial charge is 0.111 e. The Morgan fingerprint density at radius 1 is 1.62 bits per heavy atom. The molecule has 1 aliphatic rings. The van der Waals surface area contributed by atoms with Gasteiger partial charge < -0.3 is 5.11 Å². The number of hydrogen-bond donors (Lipinski definition) is 2. The van der Waals surface area contributed by atoms with Crippen LogP contribution in [0.3, 0.4) is 0 Å². The Morgan fingerprint density at radius 2 is 2.54 bits per heavy atom. The molecule has 4 nitrogen and oxygen atoms in total. The summed E-state index contributed by atoms with van der Waals surface area (Å²) in [5, 5.41) is 19.7. The van der Waals surface area contributed by atoms with Crippen LogP contribution in [0.2, 0.25) is 0 Å². The lowest BCUT2D eigenvalue weighted by Crippen LogP contribution is -1.98. The molecule has 0 spiro atoms. The Labute approximate surface area is 76.7 Å². The normalized spacial score (nSPS) is 18.7. The third-order valence-corrected chi connectivity index (χ3v) is 2.37. The average Bonchev–Trinajstić information content (AvgIpc) is 2.74. The average molecular weight is 179 g/mol. The molecular weight excluding hydrogens is 166 g/mol. The lowest BCUT2D eigenvalue weighted by Gasteiger charge is -2.06. The molecule has 2 rings (SSSR count). The van der Waals surface area contributed by atoms with E-state index in [0.29, 0.717) is 12.1 Å². The highest BCUT2D eigenvalue weighted by atomic mass is 16.3. The van der Waals surface area contributed by atoms with Crippen molar-refractivity contribution in [1.29, 1.82) is 0 Å². The van der Waals surface area contributed by atoms with Crippen molar-refractivity contribution in [1.82, 2.24) is 15.4 Å². The van der Waals surface area contributed by atoms with Gasteiger partial charge in [-0.25, -0.2) is 0 Å². The molecule has 0 aromatic carbocycles. The second kappa shape index (κ2) is 3.70. The van der Waals surface area contributed by atoms with E-state index >= 15 is 0 Å². The van der Waals surface area contributed by atoms with Crippen LogP contribution in [0.5, 0.6) is 0 Å². The standard InChI is InChI=1S/C9H13N3O/c13-9(8-6-10-12-11-8)5-7-3-1-2-4-7/h3,6,9,13H,1-2,4-5H2,(H,10,11,12). The van der Waals surface area contributed by atoms with Gasteiger partial charge in [-0.05, 0) is 19.3 Å². The summed E-state index contributed by atoms with van der Waals surface area (Å²) in [6, 6.07) is 0. The van der Waals surface area contributed by atoms with Crippen LogP contribution in [-0.2, 0) is 0 Å². The van der Waals surface area contributed by atoms with Crippen molar-refractivity contribution in [3.05, 3.63) is 23.5 Å². The molecule has 0 amide bonds. The first-order chi connectivity index (χ1) is 6.36. The highest BCUT2D eigenvalue weighted by Crippen LogP contribution is 2.26. The van der Waals surface area contributed by atoms with Crippen LogP contribution < -0.4 is 0 Å². The summed E-state index contributed by atoms with van der Waals surface area (Å²) in [6.07, 6.45) is 7.48. The Bertz CT molecular complexity index is 292. The monoisotopic (exact) mass is 179 g/mol. The van der Waals surface area contributed by atoms with Gasteiger partial charge in [-0.15, -0.1) is 0 Å². The number of aliphatic hydroxyl groups excluding tert-OH is 1. The summed E-state index contributed by atoms with van der Waals surface area (Å²) in [6.45, 7) is 0. The minimum Gasteiger partial charge on any atom is -0.386 e. The molecule has 2 N–H and O–H groups in total. The van der Waals surface area contributed by atoms with Gasteiger partial charge in [0.05, 0.1) is 6.20 Å². The van der Waals surface area contributed by atoms with Gasteiger partial charge in [-0.1, -0.05) is 11.6 Å². The molecule has 13 heavy (non-hydrogen) atoms. The Morgan fingerprint density at radius 3 is 3.15 bits per heavy atom. The first kappa shape index (κ1) is 8.44. The number of hydrogen-bond acceptors (Lipinski definition) is 3. The highest BCUT2D eigenvalue weighted by molar-refractivity contribution is 5.11. The fraction of sp³-hybridized carbons (Fsp3) is 0.556. The first-order valence-corrected chi connectivity index (χ1v) is 4.58. The number of rotatable bonds is 3. The number of aromatic nitrogens is 3. The van der Waals surface area contributed by atoms with Crippen LogP contribution in [-0.4, -0.2) is 20.5 Å². The molecule has 1 atom stereocenters. The molecular formula is C9H13N3O. The molecule has 0 aliphatic heterocycles. The van der Waals surface area contributed by atoms with E-state index in [9.17, 15) is 5.11 Å². The third-order valence-electron chi connectivity index (χ3n) is 2.37. The maximum absolute atomic E-state index is 9.71. The topological polar surface area (TPSA) is 61.8 Å². The summed E-state index contributed by atoms with van der Waals surface area (Å²) in [5.41, 5.74) is 1.98. The van der Waals surface area contributed by atoms with E-state index in [2.05, 4.69) is 21.5 Å². The second-order valence-electron chi connectivity index (χ2n) is 3.37. The van der Waals surface area contributed by atoms with Crippen molar-refractivity contribution >= 4 is 0 Å². The van der Waals surface area contributed by atoms with Gasteiger partial charge in [0.25, 0.3) is 0 Å². The maximum Gasteiger partial charge on any atom is 0.111 e. The minimum absolute atomic E-state index is 0.497. The van der Waals surface area contributed by atoms with Crippen molar-refractivity contribution in [2.24, 2.45) is 0 Å². The number of nitrogens with zero attached hydrogens (tertiary/aromatic N) is 2. The quantitative estimate of drug-likeness (QED) is 0.688. The molecule has 1 unspecified atom stereocenters. The van der Waals surface area contributed by atoms with Crippen molar-refractivity contribution in [3.8, 4) is 0 Å². The summed E-state index contributed by atoms with van der Waals surface area (Å²) < 4.78 is 0. The first-order valence-electron chi connectivity index (χ1n) is 4.58. The van der Waals surface area contributed by atoms with Gasteiger partial charge in [-0.2, -0.15) is 15.4 Å². The number of nitrogens with one attached hydrogen (secondary N) is 1. The zero-order chi connectivity index (χ0) is 9.10. The molecule has 0 saturated heterocycles. The molecule has 1 aromatic heterocycles. The fourth-order valence-corrected chi connectivity index (χ4v) is 1.65. The summed E-state index contributed by atoms with van der Waals surface area (Å²) in [7, 11) is 0. The Balaban J connectivity index is 1.95. The third kappa shape index (κ3) is 1.95. The summed E-state index contributed by atoms with van der Waals surface area (Å²) in [4.78, 5) is 0. The van der Waals surface area contributed by atoms with E-state index in [0.717, 1.165) is 12.8 Å². The number of aliphatic hydroxyl groups is 1.